The molecular weight excluding hydrogens is 240 g/mol. The molecule has 0 aromatic carbocycles. The Labute approximate surface area is 117 Å². The minimum Gasteiger partial charge on any atom is -0.357 e. The first-order chi connectivity index (χ1) is 9.10. The van der Waals surface area contributed by atoms with Crippen molar-refractivity contribution in [2.75, 3.05) is 26.2 Å². The van der Waals surface area contributed by atoms with Crippen LogP contribution in [0.5, 0.6) is 0 Å². The van der Waals surface area contributed by atoms with Crippen molar-refractivity contribution in [2.24, 2.45) is 10.9 Å². The normalized spacial score (nSPS) is 11.5. The summed E-state index contributed by atoms with van der Waals surface area (Å²) < 4.78 is 0. The van der Waals surface area contributed by atoms with E-state index in [1.54, 1.807) is 0 Å². The van der Waals surface area contributed by atoms with Gasteiger partial charge in [0, 0.05) is 19.6 Å². The molecule has 5 nitrogen and oxygen atoms in total. The van der Waals surface area contributed by atoms with Gasteiger partial charge in [0.05, 0.1) is 0 Å². The van der Waals surface area contributed by atoms with Gasteiger partial charge in [0.25, 0.3) is 0 Å². The van der Waals surface area contributed by atoms with Crippen molar-refractivity contribution in [3.8, 4) is 0 Å². The Bertz CT molecular complexity index is 264. The van der Waals surface area contributed by atoms with E-state index in [0.29, 0.717) is 6.54 Å². The standard InChI is InChI=1S/C14H30N4O/c1-5-9-16-13(19)11-18-14(15-6-2)17-10-7-8-12(3)4/h12H,5-11H2,1-4H3,(H,16,19)(H2,15,17,18). The molecule has 0 aromatic heterocycles. The van der Waals surface area contributed by atoms with Crippen molar-refractivity contribution < 1.29 is 4.79 Å². The second kappa shape index (κ2) is 11.8. The van der Waals surface area contributed by atoms with E-state index in [4.69, 9.17) is 0 Å². The van der Waals surface area contributed by atoms with E-state index in [0.717, 1.165) is 37.8 Å². The van der Waals surface area contributed by atoms with Crippen LogP contribution >= 0.6 is 0 Å². The number of carbonyl (C=O) groups is 1. The topological polar surface area (TPSA) is 65.5 Å². The van der Waals surface area contributed by atoms with Gasteiger partial charge in [-0.1, -0.05) is 20.8 Å². The van der Waals surface area contributed by atoms with E-state index < -0.39 is 0 Å². The molecule has 0 aliphatic rings. The van der Waals surface area contributed by atoms with Crippen LogP contribution < -0.4 is 16.0 Å². The summed E-state index contributed by atoms with van der Waals surface area (Å²) in [6.45, 7) is 11.1. The van der Waals surface area contributed by atoms with Crippen LogP contribution in [0, 0.1) is 5.92 Å². The zero-order chi connectivity index (χ0) is 14.5. The summed E-state index contributed by atoms with van der Waals surface area (Å²) in [5, 5.41) is 9.20. The average Bonchev–Trinajstić information content (AvgIpc) is 2.38. The monoisotopic (exact) mass is 270 g/mol. The Hall–Kier alpha value is -1.26. The van der Waals surface area contributed by atoms with Gasteiger partial charge in [-0.15, -0.1) is 0 Å². The molecule has 0 fully saturated rings. The lowest BCUT2D eigenvalue weighted by Crippen LogP contribution is -2.39. The van der Waals surface area contributed by atoms with E-state index in [-0.39, 0.29) is 12.5 Å². The summed E-state index contributed by atoms with van der Waals surface area (Å²) in [5.41, 5.74) is 0. The molecule has 112 valence electrons. The smallest absolute Gasteiger partial charge is 0.241 e. The molecule has 1 amide bonds. The molecule has 0 saturated heterocycles. The highest BCUT2D eigenvalue weighted by Gasteiger charge is 2.01. The van der Waals surface area contributed by atoms with E-state index in [2.05, 4.69) is 34.8 Å². The SMILES string of the molecule is CCCNC(=O)CN=C(NCC)NCCCC(C)C. The van der Waals surface area contributed by atoms with E-state index >= 15 is 0 Å². The quantitative estimate of drug-likeness (QED) is 0.338. The first-order valence-corrected chi connectivity index (χ1v) is 7.39. The van der Waals surface area contributed by atoms with Gasteiger partial charge in [-0.2, -0.15) is 0 Å². The zero-order valence-electron chi connectivity index (χ0n) is 12.9. The molecule has 0 heterocycles. The number of nitrogens with zero attached hydrogens (tertiary/aromatic N) is 1. The highest BCUT2D eigenvalue weighted by atomic mass is 16.1. The van der Waals surface area contributed by atoms with E-state index in [1.807, 2.05) is 13.8 Å². The van der Waals surface area contributed by atoms with E-state index in [1.165, 1.54) is 6.42 Å². The first-order valence-electron chi connectivity index (χ1n) is 7.39. The summed E-state index contributed by atoms with van der Waals surface area (Å²) in [6.07, 6.45) is 3.26. The predicted molar refractivity (Wildman–Crippen MR) is 81.4 cm³/mol. The molecule has 0 unspecified atom stereocenters. The second-order valence-electron chi connectivity index (χ2n) is 5.01. The van der Waals surface area contributed by atoms with Crippen molar-refractivity contribution in [3.05, 3.63) is 0 Å². The van der Waals surface area contributed by atoms with Gasteiger partial charge in [-0.3, -0.25) is 4.79 Å². The van der Waals surface area contributed by atoms with Crippen LogP contribution in [0.2, 0.25) is 0 Å². The molecule has 0 radical (unpaired) electrons. The zero-order valence-corrected chi connectivity index (χ0v) is 12.9. The number of aliphatic imine (C=N–C) groups is 1. The summed E-state index contributed by atoms with van der Waals surface area (Å²) in [7, 11) is 0. The summed E-state index contributed by atoms with van der Waals surface area (Å²) in [4.78, 5) is 15.7. The number of amides is 1. The second-order valence-corrected chi connectivity index (χ2v) is 5.01. The third-order valence-electron chi connectivity index (χ3n) is 2.55. The van der Waals surface area contributed by atoms with Crippen molar-refractivity contribution >= 4 is 11.9 Å². The minimum atomic E-state index is -0.0266. The maximum absolute atomic E-state index is 11.5. The predicted octanol–water partition coefficient (Wildman–Crippen LogP) is 1.50. The highest BCUT2D eigenvalue weighted by Crippen LogP contribution is 2.01. The van der Waals surface area contributed by atoms with Gasteiger partial charge in [0.1, 0.15) is 6.54 Å². The van der Waals surface area contributed by atoms with Gasteiger partial charge in [-0.25, -0.2) is 4.99 Å². The maximum Gasteiger partial charge on any atom is 0.241 e. The first kappa shape index (κ1) is 17.7. The number of nitrogens with one attached hydrogen (secondary N) is 3. The Morgan fingerprint density at radius 2 is 1.84 bits per heavy atom. The molecule has 0 spiro atoms. The minimum absolute atomic E-state index is 0.0266. The van der Waals surface area contributed by atoms with Gasteiger partial charge < -0.3 is 16.0 Å². The summed E-state index contributed by atoms with van der Waals surface area (Å²) in [5.74, 6) is 1.42. The van der Waals surface area contributed by atoms with Crippen LogP contribution in [0.3, 0.4) is 0 Å². The van der Waals surface area contributed by atoms with Gasteiger partial charge >= 0.3 is 0 Å². The fourth-order valence-electron chi connectivity index (χ4n) is 1.53. The molecular formula is C14H30N4O. The molecule has 0 bridgehead atoms. The molecule has 5 heteroatoms. The van der Waals surface area contributed by atoms with Crippen molar-refractivity contribution in [1.82, 2.24) is 16.0 Å². The lowest BCUT2D eigenvalue weighted by molar-refractivity contribution is -0.119. The summed E-state index contributed by atoms with van der Waals surface area (Å²) >= 11 is 0. The Morgan fingerprint density at radius 3 is 2.42 bits per heavy atom. The fourth-order valence-corrected chi connectivity index (χ4v) is 1.53. The van der Waals surface area contributed by atoms with Crippen molar-refractivity contribution in [1.29, 1.82) is 0 Å². The Balaban J connectivity index is 3.97. The molecule has 0 rings (SSSR count). The lowest BCUT2D eigenvalue weighted by atomic mass is 10.1. The number of rotatable bonds is 9. The van der Waals surface area contributed by atoms with Crippen LogP contribution in [0.4, 0.5) is 0 Å². The Morgan fingerprint density at radius 1 is 1.11 bits per heavy atom. The summed E-state index contributed by atoms with van der Waals surface area (Å²) in [6, 6.07) is 0. The average molecular weight is 270 g/mol. The van der Waals surface area contributed by atoms with Crippen LogP contribution in [0.15, 0.2) is 4.99 Å². The van der Waals surface area contributed by atoms with Crippen molar-refractivity contribution in [3.63, 3.8) is 0 Å². The maximum atomic E-state index is 11.5. The van der Waals surface area contributed by atoms with Crippen LogP contribution in [0.25, 0.3) is 0 Å². The van der Waals surface area contributed by atoms with Crippen LogP contribution in [0.1, 0.15) is 47.0 Å². The third kappa shape index (κ3) is 11.6. The largest absolute Gasteiger partial charge is 0.357 e. The van der Waals surface area contributed by atoms with E-state index in [9.17, 15) is 4.79 Å². The fraction of sp³-hybridized carbons (Fsp3) is 0.857. The molecule has 0 saturated carbocycles. The molecule has 0 aromatic rings. The molecule has 0 aliphatic carbocycles. The van der Waals surface area contributed by atoms with Gasteiger partial charge in [0.2, 0.25) is 5.91 Å². The highest BCUT2D eigenvalue weighted by molar-refractivity contribution is 5.84. The van der Waals surface area contributed by atoms with Gasteiger partial charge in [0.15, 0.2) is 5.96 Å². The van der Waals surface area contributed by atoms with Crippen LogP contribution in [-0.4, -0.2) is 38.0 Å². The van der Waals surface area contributed by atoms with Gasteiger partial charge in [-0.05, 0) is 32.1 Å². The molecule has 0 atom stereocenters. The number of carbonyl (C=O) groups excluding carboxylic acids is 1. The molecule has 19 heavy (non-hydrogen) atoms. The number of hydrogen-bond acceptors (Lipinski definition) is 2. The number of hydrogen-bond donors (Lipinski definition) is 3. The molecule has 0 aliphatic heterocycles. The molecule has 3 N–H and O–H groups in total. The van der Waals surface area contributed by atoms with Crippen molar-refractivity contribution in [2.45, 2.75) is 47.0 Å². The Kier molecular flexibility index (Phi) is 11.0. The van der Waals surface area contributed by atoms with Crippen LogP contribution in [-0.2, 0) is 4.79 Å². The number of guanidine groups is 1. The lowest BCUT2D eigenvalue weighted by Gasteiger charge is -2.11. The third-order valence-corrected chi connectivity index (χ3v) is 2.55.